The number of thioether (sulfide) groups is 1. The van der Waals surface area contributed by atoms with Gasteiger partial charge in [-0.2, -0.15) is 0 Å². The summed E-state index contributed by atoms with van der Waals surface area (Å²) >= 11 is 5.46. The number of benzene rings is 1. The van der Waals surface area contributed by atoms with Crippen molar-refractivity contribution in [2.24, 2.45) is 11.8 Å². The number of allylic oxidation sites excluding steroid dienone is 1. The van der Waals surface area contributed by atoms with Crippen molar-refractivity contribution in [2.75, 3.05) is 49.2 Å². The molecular weight excluding hydrogens is 642 g/mol. The molecule has 3 aliphatic rings. The molecule has 3 saturated heterocycles. The average molecular weight is 691 g/mol. The number of ether oxygens (including phenoxy) is 1. The molecule has 0 radical (unpaired) electrons. The number of aliphatic hydroxyl groups excluding tert-OH is 1. The van der Waals surface area contributed by atoms with Gasteiger partial charge in [-0.05, 0) is 83.1 Å². The lowest BCUT2D eigenvalue weighted by molar-refractivity contribution is -0.154. The molecule has 44 heavy (non-hydrogen) atoms. The maximum atomic E-state index is 14.8. The molecule has 3 heterocycles. The molecule has 242 valence electrons. The smallest absolute Gasteiger partial charge is 0.310 e. The number of nitrogens with zero attached hydrogens (tertiary/aromatic N) is 3. The van der Waals surface area contributed by atoms with Gasteiger partial charge < -0.3 is 24.5 Å². The fourth-order valence-corrected chi connectivity index (χ4v) is 10.8. The van der Waals surface area contributed by atoms with Crippen LogP contribution in [-0.2, 0) is 19.1 Å². The van der Waals surface area contributed by atoms with Crippen molar-refractivity contribution in [3.8, 4) is 0 Å². The summed E-state index contributed by atoms with van der Waals surface area (Å²) in [6, 6.07) is 7.27. The van der Waals surface area contributed by atoms with Gasteiger partial charge >= 0.3 is 5.97 Å². The van der Waals surface area contributed by atoms with Gasteiger partial charge in [-0.3, -0.25) is 14.4 Å². The molecule has 1 spiro atoms. The van der Waals surface area contributed by atoms with Crippen molar-refractivity contribution in [3.63, 3.8) is 0 Å². The molecule has 8 nitrogen and oxygen atoms in total. The number of esters is 1. The van der Waals surface area contributed by atoms with Gasteiger partial charge in [-0.15, -0.1) is 24.9 Å². The zero-order valence-corrected chi connectivity index (χ0v) is 28.6. The SMILES string of the molecule is C=CCCCCOC(=O)[C@H]1[C@@H]2SC3(CC2Br)C(C(=O)N(CC=C)c2ccc(N(CC)CC)cc2)N(CCCCCO)C(=O)[C@H]13. The van der Waals surface area contributed by atoms with Crippen LogP contribution in [-0.4, -0.2) is 88.0 Å². The lowest BCUT2D eigenvalue weighted by atomic mass is 9.71. The van der Waals surface area contributed by atoms with Gasteiger partial charge in [0.25, 0.3) is 5.91 Å². The molecule has 0 aliphatic carbocycles. The second kappa shape index (κ2) is 15.8. The fourth-order valence-electron chi connectivity index (χ4n) is 7.18. The van der Waals surface area contributed by atoms with Crippen LogP contribution in [0.4, 0.5) is 11.4 Å². The van der Waals surface area contributed by atoms with Crippen molar-refractivity contribution in [1.29, 1.82) is 0 Å². The molecular formula is C34H48BrN3O5S. The molecule has 1 N–H and O–H groups in total. The average Bonchev–Trinajstić information content (AvgIpc) is 3.62. The first kappa shape index (κ1) is 34.6. The van der Waals surface area contributed by atoms with Crippen LogP contribution in [0, 0.1) is 11.8 Å². The lowest BCUT2D eigenvalue weighted by Crippen LogP contribution is -2.55. The number of aliphatic hydroxyl groups is 1. The Hall–Kier alpha value is -2.30. The number of amides is 2. The number of halogens is 1. The highest BCUT2D eigenvalue weighted by molar-refractivity contribution is 9.09. The summed E-state index contributed by atoms with van der Waals surface area (Å²) < 4.78 is 5.02. The number of likely N-dealkylation sites (tertiary alicyclic amines) is 1. The number of hydrogen-bond donors (Lipinski definition) is 1. The van der Waals surface area contributed by atoms with Crippen LogP contribution in [0.15, 0.2) is 49.6 Å². The summed E-state index contributed by atoms with van der Waals surface area (Å²) in [5.41, 5.74) is 1.84. The summed E-state index contributed by atoms with van der Waals surface area (Å²) in [4.78, 5) is 48.4. The normalized spacial score (nSPS) is 26.9. The van der Waals surface area contributed by atoms with Gasteiger partial charge in [-0.1, -0.05) is 28.1 Å². The van der Waals surface area contributed by atoms with Crippen molar-refractivity contribution in [3.05, 3.63) is 49.6 Å². The van der Waals surface area contributed by atoms with E-state index < -0.39 is 22.6 Å². The largest absolute Gasteiger partial charge is 0.465 e. The number of carbonyl (C=O) groups excluding carboxylic acids is 3. The molecule has 2 amide bonds. The van der Waals surface area contributed by atoms with E-state index >= 15 is 0 Å². The maximum absolute atomic E-state index is 14.8. The van der Waals surface area contributed by atoms with Gasteiger partial charge in [0.2, 0.25) is 5.91 Å². The standard InChI is InChI=1S/C34H48BrN3O5S/c1-5-9-10-14-22-43-33(42)27-28-31(40)38(20-12-11-13-21-39)30(34(28)23-26(35)29(27)44-34)32(41)37(19-6-2)25-17-15-24(16-18-25)36(7-3)8-4/h5-6,15-18,26-30,39H,1-2,7-14,19-23H2,3-4H3/t26?,27-,28+,29-,30?,34?/m1/s1. The summed E-state index contributed by atoms with van der Waals surface area (Å²) in [6.45, 7) is 14.8. The number of hydrogen-bond acceptors (Lipinski definition) is 7. The summed E-state index contributed by atoms with van der Waals surface area (Å²) in [5, 5.41) is 9.19. The van der Waals surface area contributed by atoms with E-state index in [1.807, 2.05) is 30.3 Å². The van der Waals surface area contributed by atoms with Crippen molar-refractivity contribution >= 4 is 56.9 Å². The Kier molecular flexibility index (Phi) is 12.4. The third-order valence-corrected chi connectivity index (χ3v) is 12.5. The number of rotatable bonds is 18. The van der Waals surface area contributed by atoms with Crippen LogP contribution < -0.4 is 9.80 Å². The second-order valence-corrected chi connectivity index (χ2v) is 14.6. The number of anilines is 2. The molecule has 2 bridgehead atoms. The Morgan fingerprint density at radius 3 is 2.43 bits per heavy atom. The van der Waals surface area contributed by atoms with E-state index in [-0.39, 0.29) is 34.5 Å². The molecule has 1 aromatic rings. The van der Waals surface area contributed by atoms with Gasteiger partial charge in [0, 0.05) is 54.2 Å². The van der Waals surface area contributed by atoms with Crippen LogP contribution in [0.1, 0.15) is 58.8 Å². The highest BCUT2D eigenvalue weighted by atomic mass is 79.9. The van der Waals surface area contributed by atoms with E-state index in [1.165, 1.54) is 0 Å². The molecule has 0 saturated carbocycles. The minimum atomic E-state index is -0.739. The van der Waals surface area contributed by atoms with E-state index in [9.17, 15) is 19.5 Å². The molecule has 3 unspecified atom stereocenters. The van der Waals surface area contributed by atoms with Crippen molar-refractivity contribution in [1.82, 2.24) is 4.90 Å². The Morgan fingerprint density at radius 2 is 1.80 bits per heavy atom. The van der Waals surface area contributed by atoms with Crippen LogP contribution in [0.5, 0.6) is 0 Å². The van der Waals surface area contributed by atoms with Crippen LogP contribution in [0.2, 0.25) is 0 Å². The van der Waals surface area contributed by atoms with E-state index in [0.29, 0.717) is 39.0 Å². The monoisotopic (exact) mass is 689 g/mol. The Morgan fingerprint density at radius 1 is 1.09 bits per heavy atom. The zero-order chi connectivity index (χ0) is 31.9. The molecule has 6 atom stereocenters. The highest BCUT2D eigenvalue weighted by Crippen LogP contribution is 2.68. The molecule has 3 fully saturated rings. The minimum Gasteiger partial charge on any atom is -0.465 e. The lowest BCUT2D eigenvalue weighted by Gasteiger charge is -2.38. The van der Waals surface area contributed by atoms with Gasteiger partial charge in [0.15, 0.2) is 0 Å². The molecule has 0 aromatic heterocycles. The number of alkyl halides is 1. The van der Waals surface area contributed by atoms with Gasteiger partial charge in [0.1, 0.15) is 6.04 Å². The summed E-state index contributed by atoms with van der Waals surface area (Å²) in [5.74, 6) is -1.84. The summed E-state index contributed by atoms with van der Waals surface area (Å²) in [6.07, 6.45) is 8.73. The quantitative estimate of drug-likeness (QED) is 0.0932. The number of fused-ring (bicyclic) bond motifs is 1. The van der Waals surface area contributed by atoms with Gasteiger partial charge in [-0.25, -0.2) is 0 Å². The van der Waals surface area contributed by atoms with Crippen LogP contribution >= 0.6 is 27.7 Å². The van der Waals surface area contributed by atoms with E-state index in [2.05, 4.69) is 47.8 Å². The highest BCUT2D eigenvalue weighted by Gasteiger charge is 2.76. The van der Waals surface area contributed by atoms with Gasteiger partial charge in [0.05, 0.1) is 23.2 Å². The predicted octanol–water partition coefficient (Wildman–Crippen LogP) is 5.58. The second-order valence-electron chi connectivity index (χ2n) is 11.9. The van der Waals surface area contributed by atoms with Crippen molar-refractivity contribution in [2.45, 2.75) is 79.7 Å². The first-order chi connectivity index (χ1) is 21.3. The first-order valence-electron chi connectivity index (χ1n) is 16.1. The topological polar surface area (TPSA) is 90.4 Å². The summed E-state index contributed by atoms with van der Waals surface area (Å²) in [7, 11) is 0. The fraction of sp³-hybridized carbons (Fsp3) is 0.618. The predicted molar refractivity (Wildman–Crippen MR) is 182 cm³/mol. The first-order valence-corrected chi connectivity index (χ1v) is 17.9. The molecule has 4 rings (SSSR count). The van der Waals surface area contributed by atoms with E-state index in [0.717, 1.165) is 50.1 Å². The Labute approximate surface area is 275 Å². The Bertz CT molecular complexity index is 1180. The molecule has 10 heteroatoms. The third kappa shape index (κ3) is 6.77. The third-order valence-electron chi connectivity index (χ3n) is 9.27. The van der Waals surface area contributed by atoms with Crippen molar-refractivity contribution < 1.29 is 24.2 Å². The zero-order valence-electron chi connectivity index (χ0n) is 26.2. The number of unbranched alkanes of at least 4 members (excludes halogenated alkanes) is 4. The molecule has 1 aromatic carbocycles. The van der Waals surface area contributed by atoms with Crippen LogP contribution in [0.25, 0.3) is 0 Å². The minimum absolute atomic E-state index is 0.0132. The number of carbonyl (C=O) groups is 3. The maximum Gasteiger partial charge on any atom is 0.310 e. The van der Waals surface area contributed by atoms with Crippen LogP contribution in [0.3, 0.4) is 0 Å². The molecule has 3 aliphatic heterocycles. The Balaban J connectivity index is 1.67. The van der Waals surface area contributed by atoms with E-state index in [4.69, 9.17) is 4.74 Å². The van der Waals surface area contributed by atoms with E-state index in [1.54, 1.807) is 27.6 Å².